The van der Waals surface area contributed by atoms with Crippen molar-refractivity contribution >= 4 is 27.5 Å². The van der Waals surface area contributed by atoms with E-state index in [4.69, 9.17) is 4.74 Å². The Morgan fingerprint density at radius 3 is 2.57 bits per heavy atom. The third-order valence-corrected chi connectivity index (χ3v) is 8.21. The first kappa shape index (κ1) is 22.2. The molecule has 4 atom stereocenters. The van der Waals surface area contributed by atoms with Gasteiger partial charge < -0.3 is 10.1 Å². The Bertz CT molecular complexity index is 1300. The van der Waals surface area contributed by atoms with Gasteiger partial charge in [0.2, 0.25) is 0 Å². The summed E-state index contributed by atoms with van der Waals surface area (Å²) < 4.78 is 6.96. The predicted molar refractivity (Wildman–Crippen MR) is 135 cm³/mol. The van der Waals surface area contributed by atoms with Crippen LogP contribution in [0.1, 0.15) is 35.4 Å². The molecule has 3 aliphatic heterocycles. The van der Waals surface area contributed by atoms with Crippen molar-refractivity contribution < 1.29 is 14.5 Å². The van der Waals surface area contributed by atoms with Gasteiger partial charge in [0.15, 0.2) is 5.54 Å². The number of carbonyl (C=O) groups is 1. The van der Waals surface area contributed by atoms with Gasteiger partial charge in [-0.2, -0.15) is 0 Å². The van der Waals surface area contributed by atoms with Crippen LogP contribution >= 0.6 is 15.9 Å². The van der Waals surface area contributed by atoms with Gasteiger partial charge in [-0.3, -0.25) is 19.8 Å². The van der Waals surface area contributed by atoms with Gasteiger partial charge in [-0.25, -0.2) is 0 Å². The third kappa shape index (κ3) is 3.38. The molecule has 6 rings (SSSR count). The Balaban J connectivity index is 1.34. The SMILES string of the molecule is O=C1Nc2ccccc2[C@]12[C@H]([N+](=O)[O-])[C@@H](c1ccc(OCc3ccc(Br)cc3)cc1)[C@@H]1CCCN12. The second-order valence-electron chi connectivity index (χ2n) is 9.41. The van der Waals surface area contributed by atoms with Gasteiger partial charge in [-0.1, -0.05) is 58.4 Å². The molecule has 0 aromatic heterocycles. The average molecular weight is 534 g/mol. The summed E-state index contributed by atoms with van der Waals surface area (Å²) in [5.41, 5.74) is 2.02. The summed E-state index contributed by atoms with van der Waals surface area (Å²) in [4.78, 5) is 28.0. The van der Waals surface area contributed by atoms with E-state index in [0.717, 1.165) is 34.0 Å². The molecular formula is C27H24BrN3O4. The van der Waals surface area contributed by atoms with E-state index in [2.05, 4.69) is 26.1 Å². The topological polar surface area (TPSA) is 84.7 Å². The van der Waals surface area contributed by atoms with Crippen LogP contribution in [0.4, 0.5) is 5.69 Å². The zero-order valence-corrected chi connectivity index (χ0v) is 20.5. The van der Waals surface area contributed by atoms with Gasteiger partial charge in [-0.05, 0) is 54.3 Å². The summed E-state index contributed by atoms with van der Waals surface area (Å²) in [6.45, 7) is 1.10. The lowest BCUT2D eigenvalue weighted by molar-refractivity contribution is -0.534. The smallest absolute Gasteiger partial charge is 0.256 e. The lowest BCUT2D eigenvalue weighted by Crippen LogP contribution is -2.55. The normalized spacial score (nSPS) is 27.0. The Labute approximate surface area is 211 Å². The van der Waals surface area contributed by atoms with Crippen molar-refractivity contribution in [3.8, 4) is 5.75 Å². The lowest BCUT2D eigenvalue weighted by atomic mass is 9.77. The minimum Gasteiger partial charge on any atom is -0.489 e. The molecule has 0 unspecified atom stereocenters. The van der Waals surface area contributed by atoms with E-state index in [1.54, 1.807) is 0 Å². The van der Waals surface area contributed by atoms with Crippen LogP contribution in [0.3, 0.4) is 0 Å². The standard InChI is InChI=1S/C27H24BrN3O4/c28-19-11-7-17(8-12-19)16-35-20-13-9-18(10-14-20)24-23-6-3-15-30(23)27(25(24)31(33)34)21-4-1-2-5-22(21)29-26(27)32/h1-2,4-5,7-14,23-25H,3,6,15-16H2,(H,29,32)/t23-,24-,25+,27-/m0/s1. The van der Waals surface area contributed by atoms with E-state index in [0.29, 0.717) is 24.6 Å². The summed E-state index contributed by atoms with van der Waals surface area (Å²) in [5.74, 6) is 0.0171. The first-order valence-electron chi connectivity index (χ1n) is 11.8. The fourth-order valence-corrected chi connectivity index (χ4v) is 6.57. The number of rotatable bonds is 5. The molecule has 3 aromatic carbocycles. The molecule has 0 aliphatic carbocycles. The predicted octanol–water partition coefficient (Wildman–Crippen LogP) is 5.08. The molecule has 178 valence electrons. The highest BCUT2D eigenvalue weighted by atomic mass is 79.9. The number of nitrogens with one attached hydrogen (secondary N) is 1. The van der Waals surface area contributed by atoms with E-state index >= 15 is 0 Å². The minimum atomic E-state index is -1.29. The minimum absolute atomic E-state index is 0.0724. The van der Waals surface area contributed by atoms with E-state index < -0.39 is 17.5 Å². The molecule has 0 radical (unpaired) electrons. The highest BCUT2D eigenvalue weighted by Crippen LogP contribution is 2.58. The maximum Gasteiger partial charge on any atom is 0.256 e. The number of benzene rings is 3. The Hall–Kier alpha value is -3.23. The molecule has 1 N–H and O–H groups in total. The second kappa shape index (κ2) is 8.46. The van der Waals surface area contributed by atoms with Gasteiger partial charge in [0.1, 0.15) is 12.4 Å². The van der Waals surface area contributed by atoms with Crippen LogP contribution in [0.25, 0.3) is 0 Å². The molecule has 7 nitrogen and oxygen atoms in total. The summed E-state index contributed by atoms with van der Waals surface area (Å²) in [6.07, 6.45) is 1.74. The maximum absolute atomic E-state index is 13.5. The van der Waals surface area contributed by atoms with Crippen molar-refractivity contribution in [2.45, 2.75) is 43.0 Å². The molecular weight excluding hydrogens is 510 g/mol. The van der Waals surface area contributed by atoms with Crippen molar-refractivity contribution in [3.63, 3.8) is 0 Å². The van der Waals surface area contributed by atoms with Gasteiger partial charge in [0.25, 0.3) is 11.9 Å². The summed E-state index contributed by atoms with van der Waals surface area (Å²) in [5, 5.41) is 15.6. The number of anilines is 1. The summed E-state index contributed by atoms with van der Waals surface area (Å²) >= 11 is 3.43. The van der Waals surface area contributed by atoms with Gasteiger partial charge >= 0.3 is 0 Å². The number of amides is 1. The van der Waals surface area contributed by atoms with Crippen molar-refractivity contribution in [1.29, 1.82) is 0 Å². The Morgan fingerprint density at radius 2 is 1.83 bits per heavy atom. The van der Waals surface area contributed by atoms with Crippen LogP contribution in [0.15, 0.2) is 77.3 Å². The number of carbonyl (C=O) groups excluding carboxylic acids is 1. The molecule has 0 bridgehead atoms. The van der Waals surface area contributed by atoms with Crippen LogP contribution in [-0.4, -0.2) is 34.4 Å². The molecule has 0 saturated carbocycles. The van der Waals surface area contributed by atoms with Crippen LogP contribution in [0.2, 0.25) is 0 Å². The van der Waals surface area contributed by atoms with Crippen LogP contribution in [-0.2, 0) is 16.9 Å². The van der Waals surface area contributed by atoms with Gasteiger partial charge in [0, 0.05) is 33.2 Å². The number of nitro groups is 1. The fraction of sp³-hybridized carbons (Fsp3) is 0.296. The Morgan fingerprint density at radius 1 is 1.09 bits per heavy atom. The van der Waals surface area contributed by atoms with E-state index in [1.165, 1.54) is 0 Å². The molecule has 2 saturated heterocycles. The van der Waals surface area contributed by atoms with Gasteiger partial charge in [-0.15, -0.1) is 0 Å². The van der Waals surface area contributed by atoms with E-state index in [1.807, 2.05) is 72.8 Å². The van der Waals surface area contributed by atoms with Crippen molar-refractivity contribution in [1.82, 2.24) is 4.90 Å². The van der Waals surface area contributed by atoms with E-state index in [9.17, 15) is 14.9 Å². The molecule has 3 aliphatic rings. The number of hydrogen-bond donors (Lipinski definition) is 1. The first-order valence-corrected chi connectivity index (χ1v) is 12.6. The largest absolute Gasteiger partial charge is 0.489 e. The summed E-state index contributed by atoms with van der Waals surface area (Å²) in [7, 11) is 0. The van der Waals surface area contributed by atoms with Crippen molar-refractivity contribution in [3.05, 3.63) is 104 Å². The zero-order chi connectivity index (χ0) is 24.2. The van der Waals surface area contributed by atoms with Crippen LogP contribution in [0.5, 0.6) is 5.75 Å². The highest BCUT2D eigenvalue weighted by molar-refractivity contribution is 9.10. The van der Waals surface area contributed by atoms with Gasteiger partial charge in [0.05, 0.1) is 5.92 Å². The van der Waals surface area contributed by atoms with Crippen molar-refractivity contribution in [2.75, 3.05) is 11.9 Å². The number of para-hydroxylation sites is 1. The number of halogens is 1. The quantitative estimate of drug-likeness (QED) is 0.365. The fourth-order valence-electron chi connectivity index (χ4n) is 6.31. The number of fused-ring (bicyclic) bond motifs is 4. The van der Waals surface area contributed by atoms with Crippen LogP contribution < -0.4 is 10.1 Å². The molecule has 3 aromatic rings. The Kier molecular flexibility index (Phi) is 5.38. The monoisotopic (exact) mass is 533 g/mol. The van der Waals surface area contributed by atoms with E-state index in [-0.39, 0.29) is 16.9 Å². The van der Waals surface area contributed by atoms with Crippen LogP contribution in [0, 0.1) is 10.1 Å². The lowest BCUT2D eigenvalue weighted by Gasteiger charge is -2.32. The maximum atomic E-state index is 13.5. The molecule has 35 heavy (non-hydrogen) atoms. The average Bonchev–Trinajstić information content (AvgIpc) is 3.52. The first-order chi connectivity index (χ1) is 17.0. The molecule has 2 fully saturated rings. The molecule has 1 amide bonds. The molecule has 3 heterocycles. The molecule has 8 heteroatoms. The zero-order valence-electron chi connectivity index (χ0n) is 18.9. The molecule has 1 spiro atoms. The third-order valence-electron chi connectivity index (χ3n) is 7.68. The number of nitrogens with zero attached hydrogens (tertiary/aromatic N) is 2. The van der Waals surface area contributed by atoms with Crippen molar-refractivity contribution in [2.24, 2.45) is 0 Å². The number of ether oxygens (including phenoxy) is 1. The highest BCUT2D eigenvalue weighted by Gasteiger charge is 2.73. The summed E-state index contributed by atoms with van der Waals surface area (Å²) in [6, 6.07) is 21.8. The second-order valence-corrected chi connectivity index (χ2v) is 10.3. The number of hydrogen-bond acceptors (Lipinski definition) is 5.